The minimum absolute atomic E-state index is 0. The molecule has 0 radical (unpaired) electrons. The second kappa shape index (κ2) is 12.0. The maximum absolute atomic E-state index is 5.69. The maximum atomic E-state index is 5.69. The van der Waals surface area contributed by atoms with Crippen molar-refractivity contribution in [1.82, 2.24) is 10.2 Å². The molecule has 1 aromatic carbocycles. The van der Waals surface area contributed by atoms with E-state index in [0.29, 0.717) is 11.9 Å². The Kier molecular flexibility index (Phi) is 10.8. The van der Waals surface area contributed by atoms with Crippen LogP contribution in [-0.2, 0) is 17.9 Å². The van der Waals surface area contributed by atoms with Crippen LogP contribution in [0, 0.1) is 0 Å². The van der Waals surface area contributed by atoms with Gasteiger partial charge in [-0.2, -0.15) is 11.8 Å². The highest BCUT2D eigenvalue weighted by Gasteiger charge is 2.21. The van der Waals surface area contributed by atoms with Gasteiger partial charge in [0.1, 0.15) is 0 Å². The van der Waals surface area contributed by atoms with Gasteiger partial charge in [0.15, 0.2) is 5.96 Å². The summed E-state index contributed by atoms with van der Waals surface area (Å²) in [6.45, 7) is 10.0. The number of benzene rings is 1. The van der Waals surface area contributed by atoms with Gasteiger partial charge in [-0.15, -0.1) is 24.0 Å². The third-order valence-electron chi connectivity index (χ3n) is 4.13. The number of ether oxygens (including phenoxy) is 1. The highest BCUT2D eigenvalue weighted by Crippen LogP contribution is 2.21. The van der Waals surface area contributed by atoms with E-state index in [0.717, 1.165) is 25.6 Å². The second-order valence-corrected chi connectivity index (χ2v) is 7.84. The van der Waals surface area contributed by atoms with Crippen LogP contribution in [0.5, 0.6) is 0 Å². The minimum Gasteiger partial charge on any atom is -0.374 e. The third kappa shape index (κ3) is 7.74. The van der Waals surface area contributed by atoms with E-state index in [9.17, 15) is 0 Å². The first-order chi connectivity index (χ1) is 11.6. The lowest BCUT2D eigenvalue weighted by atomic mass is 10.1. The van der Waals surface area contributed by atoms with Crippen LogP contribution in [0.15, 0.2) is 29.3 Å². The SMILES string of the molecule is CCC1CN(C(=NC)NCc2cccc(COC(C)C)c2)CCS1.I. The number of hydrogen-bond acceptors (Lipinski definition) is 3. The third-order valence-corrected chi connectivity index (χ3v) is 5.50. The van der Waals surface area contributed by atoms with Gasteiger partial charge < -0.3 is 15.0 Å². The standard InChI is InChI=1S/C19H31N3OS.HI/c1-5-18-13-22(9-10-24-18)19(20-4)21-12-16-7-6-8-17(11-16)14-23-15(2)3;/h6-8,11,15,18H,5,9-10,12-14H2,1-4H3,(H,20,21);1H. The molecular weight excluding hydrogens is 445 g/mol. The minimum atomic E-state index is 0. The van der Waals surface area contributed by atoms with Crippen LogP contribution in [0.3, 0.4) is 0 Å². The van der Waals surface area contributed by atoms with Gasteiger partial charge in [0.05, 0.1) is 12.7 Å². The maximum Gasteiger partial charge on any atom is 0.193 e. The van der Waals surface area contributed by atoms with Gasteiger partial charge in [0.25, 0.3) is 0 Å². The largest absolute Gasteiger partial charge is 0.374 e. The zero-order valence-electron chi connectivity index (χ0n) is 15.8. The van der Waals surface area contributed by atoms with Gasteiger partial charge in [-0.25, -0.2) is 0 Å². The van der Waals surface area contributed by atoms with E-state index in [-0.39, 0.29) is 30.1 Å². The molecule has 0 spiro atoms. The van der Waals surface area contributed by atoms with Gasteiger partial charge in [0.2, 0.25) is 0 Å². The molecule has 25 heavy (non-hydrogen) atoms. The number of nitrogens with zero attached hydrogens (tertiary/aromatic N) is 2. The van der Waals surface area contributed by atoms with E-state index >= 15 is 0 Å². The van der Waals surface area contributed by atoms with Crippen molar-refractivity contribution in [3.63, 3.8) is 0 Å². The summed E-state index contributed by atoms with van der Waals surface area (Å²) in [6, 6.07) is 8.58. The molecule has 0 bridgehead atoms. The lowest BCUT2D eigenvalue weighted by Gasteiger charge is -2.34. The van der Waals surface area contributed by atoms with Gasteiger partial charge in [-0.1, -0.05) is 31.2 Å². The summed E-state index contributed by atoms with van der Waals surface area (Å²) in [5, 5.41) is 4.23. The summed E-state index contributed by atoms with van der Waals surface area (Å²) in [4.78, 5) is 6.86. The lowest BCUT2D eigenvalue weighted by molar-refractivity contribution is 0.0657. The number of halogens is 1. The Balaban J connectivity index is 0.00000312. The molecule has 1 saturated heterocycles. The number of nitrogens with one attached hydrogen (secondary N) is 1. The van der Waals surface area contributed by atoms with Crippen molar-refractivity contribution in [2.24, 2.45) is 4.99 Å². The van der Waals surface area contributed by atoms with Gasteiger partial charge in [-0.05, 0) is 31.4 Å². The zero-order valence-corrected chi connectivity index (χ0v) is 19.0. The van der Waals surface area contributed by atoms with Crippen molar-refractivity contribution in [2.45, 2.75) is 51.7 Å². The Hall–Kier alpha value is -0.470. The van der Waals surface area contributed by atoms with Crippen molar-refractivity contribution < 1.29 is 4.74 Å². The predicted octanol–water partition coefficient (Wildman–Crippen LogP) is 4.13. The molecule has 1 aliphatic heterocycles. The fourth-order valence-electron chi connectivity index (χ4n) is 2.76. The molecule has 1 heterocycles. The molecule has 6 heteroatoms. The number of aliphatic imine (C=N–C) groups is 1. The van der Waals surface area contributed by atoms with E-state index in [1.807, 2.05) is 7.05 Å². The average molecular weight is 477 g/mol. The van der Waals surface area contributed by atoms with Crippen LogP contribution >= 0.6 is 35.7 Å². The first kappa shape index (κ1) is 22.6. The molecular formula is C19H32IN3OS. The monoisotopic (exact) mass is 477 g/mol. The second-order valence-electron chi connectivity index (χ2n) is 6.43. The van der Waals surface area contributed by atoms with Crippen molar-refractivity contribution in [1.29, 1.82) is 0 Å². The zero-order chi connectivity index (χ0) is 17.4. The lowest BCUT2D eigenvalue weighted by Crippen LogP contribution is -2.47. The molecule has 1 unspecified atom stereocenters. The first-order valence-corrected chi connectivity index (χ1v) is 9.93. The molecule has 1 atom stereocenters. The fourth-order valence-corrected chi connectivity index (χ4v) is 3.94. The number of guanidine groups is 1. The van der Waals surface area contributed by atoms with Crippen LogP contribution in [-0.4, -0.2) is 48.1 Å². The number of thioether (sulfide) groups is 1. The highest BCUT2D eigenvalue weighted by atomic mass is 127. The molecule has 2 rings (SSSR count). The topological polar surface area (TPSA) is 36.9 Å². The predicted molar refractivity (Wildman–Crippen MR) is 120 cm³/mol. The Labute approximate surface area is 174 Å². The van der Waals surface area contributed by atoms with Crippen molar-refractivity contribution in [3.8, 4) is 0 Å². The molecule has 0 saturated carbocycles. The van der Waals surface area contributed by atoms with Crippen LogP contribution in [0.4, 0.5) is 0 Å². The van der Waals surface area contributed by atoms with Crippen molar-refractivity contribution in [3.05, 3.63) is 35.4 Å². The summed E-state index contributed by atoms with van der Waals surface area (Å²) in [6.07, 6.45) is 1.48. The highest BCUT2D eigenvalue weighted by molar-refractivity contribution is 14.0. The van der Waals surface area contributed by atoms with Gasteiger partial charge in [-0.3, -0.25) is 4.99 Å². The van der Waals surface area contributed by atoms with Crippen molar-refractivity contribution in [2.75, 3.05) is 25.9 Å². The van der Waals surface area contributed by atoms with E-state index in [4.69, 9.17) is 4.74 Å². The molecule has 1 aliphatic rings. The number of rotatable bonds is 6. The van der Waals surface area contributed by atoms with Gasteiger partial charge >= 0.3 is 0 Å². The van der Waals surface area contributed by atoms with Crippen LogP contribution in [0.1, 0.15) is 38.3 Å². The summed E-state index contributed by atoms with van der Waals surface area (Å²) < 4.78 is 5.69. The molecule has 142 valence electrons. The van der Waals surface area contributed by atoms with E-state index < -0.39 is 0 Å². The van der Waals surface area contributed by atoms with E-state index in [1.165, 1.54) is 23.3 Å². The Bertz CT molecular complexity index is 539. The molecule has 1 N–H and O–H groups in total. The average Bonchev–Trinajstić information content (AvgIpc) is 2.61. The summed E-state index contributed by atoms with van der Waals surface area (Å²) in [5.41, 5.74) is 2.48. The number of hydrogen-bond donors (Lipinski definition) is 1. The van der Waals surface area contributed by atoms with E-state index in [2.05, 4.69) is 72.0 Å². The normalized spacial score (nSPS) is 18.2. The molecule has 1 fully saturated rings. The molecule has 0 aliphatic carbocycles. The van der Waals surface area contributed by atoms with Crippen LogP contribution in [0.2, 0.25) is 0 Å². The summed E-state index contributed by atoms with van der Waals surface area (Å²) in [5.74, 6) is 2.19. The van der Waals surface area contributed by atoms with Crippen LogP contribution < -0.4 is 5.32 Å². The molecule has 1 aromatic rings. The van der Waals surface area contributed by atoms with Crippen LogP contribution in [0.25, 0.3) is 0 Å². The quantitative estimate of drug-likeness (QED) is 0.380. The van der Waals surface area contributed by atoms with E-state index in [1.54, 1.807) is 0 Å². The Morgan fingerprint density at radius 2 is 2.16 bits per heavy atom. The van der Waals surface area contributed by atoms with Gasteiger partial charge in [0, 0.05) is 37.7 Å². The molecule has 0 aromatic heterocycles. The van der Waals surface area contributed by atoms with Crippen molar-refractivity contribution >= 4 is 41.7 Å². The smallest absolute Gasteiger partial charge is 0.193 e. The summed E-state index contributed by atoms with van der Waals surface area (Å²) >= 11 is 2.08. The molecule has 4 nitrogen and oxygen atoms in total. The first-order valence-electron chi connectivity index (χ1n) is 8.89. The summed E-state index contributed by atoms with van der Waals surface area (Å²) in [7, 11) is 1.87. The molecule has 0 amide bonds. The Morgan fingerprint density at radius 3 is 2.84 bits per heavy atom. The fraction of sp³-hybridized carbons (Fsp3) is 0.632. The Morgan fingerprint density at radius 1 is 1.40 bits per heavy atom.